The molecule has 0 amide bonds. The number of aryl methyl sites for hydroxylation is 1. The summed E-state index contributed by atoms with van der Waals surface area (Å²) in [6.45, 7) is 3.93. The maximum Gasteiger partial charge on any atom is 0.232 e. The first-order valence-corrected chi connectivity index (χ1v) is 8.60. The molecule has 0 radical (unpaired) electrons. The Kier molecular flexibility index (Phi) is 4.68. The average Bonchev–Trinajstić information content (AvgIpc) is 2.93. The second-order valence-corrected chi connectivity index (χ2v) is 7.48. The van der Waals surface area contributed by atoms with Crippen molar-refractivity contribution in [3.63, 3.8) is 0 Å². The summed E-state index contributed by atoms with van der Waals surface area (Å²) in [5.74, 6) is 1.22. The molecule has 0 aliphatic rings. The van der Waals surface area contributed by atoms with E-state index in [9.17, 15) is 0 Å². The number of nitrogen functional groups attached to an aromatic ring is 1. The van der Waals surface area contributed by atoms with Gasteiger partial charge in [0.25, 0.3) is 0 Å². The number of thioether (sulfide) groups is 1. The van der Waals surface area contributed by atoms with Crippen molar-refractivity contribution in [1.29, 1.82) is 0 Å². The van der Waals surface area contributed by atoms with Crippen molar-refractivity contribution in [2.45, 2.75) is 23.4 Å². The van der Waals surface area contributed by atoms with Crippen molar-refractivity contribution in [3.8, 4) is 0 Å². The number of benzene rings is 1. The van der Waals surface area contributed by atoms with Gasteiger partial charge in [0.2, 0.25) is 11.9 Å². The Morgan fingerprint density at radius 3 is 2.61 bits per heavy atom. The molecular formula is C14H15N7S2. The minimum atomic E-state index is -0.0102. The second kappa shape index (κ2) is 6.88. The van der Waals surface area contributed by atoms with Crippen LogP contribution in [0.5, 0.6) is 0 Å². The number of hydrogen-bond acceptors (Lipinski definition) is 9. The molecule has 7 nitrogen and oxygen atoms in total. The molecule has 118 valence electrons. The largest absolute Gasteiger partial charge is 0.368 e. The van der Waals surface area contributed by atoms with Crippen molar-refractivity contribution < 1.29 is 0 Å². The highest BCUT2D eigenvalue weighted by molar-refractivity contribution is 8.01. The van der Waals surface area contributed by atoms with E-state index >= 15 is 0 Å². The Hall–Kier alpha value is -2.26. The minimum absolute atomic E-state index is 0.0102. The van der Waals surface area contributed by atoms with Crippen LogP contribution in [0.25, 0.3) is 0 Å². The van der Waals surface area contributed by atoms with Gasteiger partial charge in [-0.25, -0.2) is 0 Å². The summed E-state index contributed by atoms with van der Waals surface area (Å²) in [6, 6.07) is 9.68. The van der Waals surface area contributed by atoms with Gasteiger partial charge in [-0.15, -0.1) is 10.2 Å². The van der Waals surface area contributed by atoms with Crippen LogP contribution in [0.15, 0.2) is 34.7 Å². The summed E-state index contributed by atoms with van der Waals surface area (Å²) in [5, 5.41) is 12.2. The highest BCUT2D eigenvalue weighted by Gasteiger charge is 2.16. The van der Waals surface area contributed by atoms with Crippen molar-refractivity contribution in [1.82, 2.24) is 25.1 Å². The lowest BCUT2D eigenvalue weighted by molar-refractivity contribution is 0.891. The lowest BCUT2D eigenvalue weighted by Gasteiger charge is -2.10. The standard InChI is InChI=1S/C14H15N7S2/c1-8(22-14-21-20-9(2)23-14)11-17-12(15)19-13(18-11)16-10-6-4-3-5-7-10/h3-8H,1-2H3,(H3,15,16,17,18,19). The SMILES string of the molecule is Cc1nnc(SC(C)c2nc(N)nc(Nc3ccccc3)n2)s1. The van der Waals surface area contributed by atoms with E-state index in [0.29, 0.717) is 11.8 Å². The Bertz CT molecular complexity index is 791. The summed E-state index contributed by atoms with van der Waals surface area (Å²) in [7, 11) is 0. The van der Waals surface area contributed by atoms with Crippen LogP contribution in [0.3, 0.4) is 0 Å². The van der Waals surface area contributed by atoms with E-state index in [1.807, 2.05) is 44.2 Å². The fourth-order valence-electron chi connectivity index (χ4n) is 1.83. The van der Waals surface area contributed by atoms with Crippen LogP contribution in [0.2, 0.25) is 0 Å². The summed E-state index contributed by atoms with van der Waals surface area (Å²) in [4.78, 5) is 12.8. The van der Waals surface area contributed by atoms with E-state index in [4.69, 9.17) is 5.73 Å². The smallest absolute Gasteiger partial charge is 0.232 e. The Morgan fingerprint density at radius 1 is 1.13 bits per heavy atom. The van der Waals surface area contributed by atoms with Gasteiger partial charge in [-0.05, 0) is 26.0 Å². The number of hydrogen-bond donors (Lipinski definition) is 2. The molecule has 1 unspecified atom stereocenters. The summed E-state index contributed by atoms with van der Waals surface area (Å²) in [6.07, 6.45) is 0. The first-order valence-electron chi connectivity index (χ1n) is 6.90. The summed E-state index contributed by atoms with van der Waals surface area (Å²) in [5.41, 5.74) is 6.70. The van der Waals surface area contributed by atoms with Crippen LogP contribution in [0, 0.1) is 6.92 Å². The van der Waals surface area contributed by atoms with Crippen LogP contribution in [-0.2, 0) is 0 Å². The summed E-state index contributed by atoms with van der Waals surface area (Å²) < 4.78 is 0.881. The van der Waals surface area contributed by atoms with E-state index in [1.165, 1.54) is 0 Å². The number of nitrogens with one attached hydrogen (secondary N) is 1. The first-order chi connectivity index (χ1) is 11.1. The van der Waals surface area contributed by atoms with Gasteiger partial charge in [-0.2, -0.15) is 15.0 Å². The first kappa shape index (κ1) is 15.6. The highest BCUT2D eigenvalue weighted by Crippen LogP contribution is 2.35. The van der Waals surface area contributed by atoms with Gasteiger partial charge in [-0.1, -0.05) is 41.3 Å². The van der Waals surface area contributed by atoms with E-state index in [2.05, 4.69) is 30.5 Å². The zero-order chi connectivity index (χ0) is 16.2. The molecule has 1 aromatic carbocycles. The predicted octanol–water partition coefficient (Wildman–Crippen LogP) is 3.21. The van der Waals surface area contributed by atoms with Gasteiger partial charge in [0.15, 0.2) is 4.34 Å². The van der Waals surface area contributed by atoms with Crippen LogP contribution in [0.4, 0.5) is 17.6 Å². The van der Waals surface area contributed by atoms with Crippen molar-refractivity contribution in [3.05, 3.63) is 41.2 Å². The average molecular weight is 345 g/mol. The Labute approximate surface area is 141 Å². The van der Waals surface area contributed by atoms with E-state index < -0.39 is 0 Å². The Balaban J connectivity index is 1.79. The number of aromatic nitrogens is 5. The molecule has 23 heavy (non-hydrogen) atoms. The molecular weight excluding hydrogens is 330 g/mol. The van der Waals surface area contributed by atoms with Gasteiger partial charge < -0.3 is 11.1 Å². The van der Waals surface area contributed by atoms with Crippen LogP contribution >= 0.6 is 23.1 Å². The zero-order valence-electron chi connectivity index (χ0n) is 12.6. The lowest BCUT2D eigenvalue weighted by atomic mass is 10.3. The van der Waals surface area contributed by atoms with Crippen molar-refractivity contribution >= 4 is 40.7 Å². The molecule has 0 fully saturated rings. The van der Waals surface area contributed by atoms with Crippen LogP contribution in [-0.4, -0.2) is 25.1 Å². The van der Waals surface area contributed by atoms with Gasteiger partial charge in [0.1, 0.15) is 10.8 Å². The molecule has 2 aromatic heterocycles. The molecule has 0 saturated heterocycles. The molecule has 3 N–H and O–H groups in total. The quantitative estimate of drug-likeness (QED) is 0.680. The van der Waals surface area contributed by atoms with Gasteiger partial charge in [-0.3, -0.25) is 0 Å². The molecule has 3 rings (SSSR count). The normalized spacial score (nSPS) is 12.1. The highest BCUT2D eigenvalue weighted by atomic mass is 32.2. The zero-order valence-corrected chi connectivity index (χ0v) is 14.2. The minimum Gasteiger partial charge on any atom is -0.368 e. The fourth-order valence-corrected chi connectivity index (χ4v) is 3.83. The molecule has 2 heterocycles. The van der Waals surface area contributed by atoms with Crippen LogP contribution < -0.4 is 11.1 Å². The fraction of sp³-hybridized carbons (Fsp3) is 0.214. The number of rotatable bonds is 5. The summed E-state index contributed by atoms with van der Waals surface area (Å²) >= 11 is 3.09. The van der Waals surface area contributed by atoms with E-state index in [-0.39, 0.29) is 11.2 Å². The topological polar surface area (TPSA) is 102 Å². The van der Waals surface area contributed by atoms with Crippen LogP contribution in [0.1, 0.15) is 23.0 Å². The maximum atomic E-state index is 5.81. The molecule has 1 atom stereocenters. The van der Waals surface area contributed by atoms with Gasteiger partial charge in [0, 0.05) is 5.69 Å². The maximum absolute atomic E-state index is 5.81. The van der Waals surface area contributed by atoms with Crippen molar-refractivity contribution in [2.75, 3.05) is 11.1 Å². The third-order valence-corrected chi connectivity index (χ3v) is 4.87. The number of nitrogens with zero attached hydrogens (tertiary/aromatic N) is 5. The number of anilines is 3. The third kappa shape index (κ3) is 4.14. The third-order valence-electron chi connectivity index (χ3n) is 2.85. The molecule has 3 aromatic rings. The monoisotopic (exact) mass is 345 g/mol. The molecule has 0 spiro atoms. The van der Waals surface area contributed by atoms with E-state index in [1.54, 1.807) is 23.1 Å². The molecule has 9 heteroatoms. The molecule has 0 aliphatic carbocycles. The molecule has 0 bridgehead atoms. The van der Waals surface area contributed by atoms with Gasteiger partial charge in [0.05, 0.1) is 5.25 Å². The molecule has 0 aliphatic heterocycles. The molecule has 0 saturated carbocycles. The van der Waals surface area contributed by atoms with Gasteiger partial charge >= 0.3 is 0 Å². The number of para-hydroxylation sites is 1. The predicted molar refractivity (Wildman–Crippen MR) is 92.9 cm³/mol. The van der Waals surface area contributed by atoms with E-state index in [0.717, 1.165) is 15.0 Å². The van der Waals surface area contributed by atoms with Crippen molar-refractivity contribution in [2.24, 2.45) is 0 Å². The number of nitrogens with two attached hydrogens (primary N) is 1. The second-order valence-electron chi connectivity index (χ2n) is 4.71. The lowest BCUT2D eigenvalue weighted by Crippen LogP contribution is -2.08. The Morgan fingerprint density at radius 2 is 1.91 bits per heavy atom.